The molecule has 1 aromatic carbocycles. The molecule has 0 spiro atoms. The van der Waals surface area contributed by atoms with Gasteiger partial charge >= 0.3 is 0 Å². The number of thiazole rings is 1. The summed E-state index contributed by atoms with van der Waals surface area (Å²) in [5.41, 5.74) is 3.43. The van der Waals surface area contributed by atoms with Gasteiger partial charge in [-0.05, 0) is 31.5 Å². The molecular formula is C21H20N6OS. The van der Waals surface area contributed by atoms with Crippen molar-refractivity contribution < 1.29 is 4.79 Å². The molecule has 0 N–H and O–H groups in total. The van der Waals surface area contributed by atoms with E-state index in [2.05, 4.69) is 27.8 Å². The monoisotopic (exact) mass is 404 g/mol. The number of aromatic nitrogens is 3. The van der Waals surface area contributed by atoms with Gasteiger partial charge in [0.05, 0.1) is 29.9 Å². The number of benzene rings is 1. The largest absolute Gasteiger partial charge is 0.273 e. The summed E-state index contributed by atoms with van der Waals surface area (Å²) in [6, 6.07) is 7.52. The Morgan fingerprint density at radius 3 is 3.03 bits per heavy atom. The fourth-order valence-electron chi connectivity index (χ4n) is 3.36. The minimum absolute atomic E-state index is 0.0262. The summed E-state index contributed by atoms with van der Waals surface area (Å²) in [5.74, 6) is -0.0262. The SMILES string of the molecule is C=C(CCC(=O)N1N=CCC1c1nc(C)cs1)Cn1ncc2cc(C#N)ccc21. The van der Waals surface area contributed by atoms with Gasteiger partial charge in [0.15, 0.2) is 0 Å². The standard InChI is InChI=1S/C21H20N6OS/c1-14(12-26-18-5-4-16(10-22)9-17(18)11-24-26)3-6-20(28)27-19(7-8-23-27)21-25-15(2)13-29-21/h4-5,8-9,11,13,19H,1,3,6-7,12H2,2H3. The molecule has 0 aliphatic carbocycles. The second kappa shape index (κ2) is 7.97. The van der Waals surface area contributed by atoms with Gasteiger partial charge in [0.25, 0.3) is 0 Å². The summed E-state index contributed by atoms with van der Waals surface area (Å²) in [6.45, 7) is 6.60. The summed E-state index contributed by atoms with van der Waals surface area (Å²) in [7, 11) is 0. The molecule has 0 saturated heterocycles. The van der Waals surface area contributed by atoms with E-state index in [1.165, 1.54) is 0 Å². The highest BCUT2D eigenvalue weighted by Gasteiger charge is 2.30. The number of hydrogen-bond donors (Lipinski definition) is 0. The average Bonchev–Trinajstić information content (AvgIpc) is 3.45. The Morgan fingerprint density at radius 2 is 2.28 bits per heavy atom. The number of rotatable bonds is 6. The van der Waals surface area contributed by atoms with Crippen LogP contribution in [-0.4, -0.2) is 31.9 Å². The van der Waals surface area contributed by atoms with Crippen molar-refractivity contribution in [3.8, 4) is 6.07 Å². The molecular weight excluding hydrogens is 384 g/mol. The number of fused-ring (bicyclic) bond motifs is 1. The number of carbonyl (C=O) groups is 1. The highest BCUT2D eigenvalue weighted by atomic mass is 32.1. The molecule has 8 heteroatoms. The maximum Gasteiger partial charge on any atom is 0.243 e. The summed E-state index contributed by atoms with van der Waals surface area (Å²) in [5, 5.41) is 23.1. The van der Waals surface area contributed by atoms with Crippen molar-refractivity contribution in [2.24, 2.45) is 5.10 Å². The molecule has 4 rings (SSSR count). The number of hydrazone groups is 1. The van der Waals surface area contributed by atoms with Crippen LogP contribution in [0.3, 0.4) is 0 Å². The molecule has 3 aromatic rings. The van der Waals surface area contributed by atoms with Crippen LogP contribution in [0.15, 0.2) is 47.0 Å². The van der Waals surface area contributed by atoms with E-state index in [9.17, 15) is 4.79 Å². The zero-order valence-corrected chi connectivity index (χ0v) is 16.9. The molecule has 29 heavy (non-hydrogen) atoms. The molecule has 146 valence electrons. The van der Waals surface area contributed by atoms with Crippen molar-refractivity contribution >= 4 is 34.4 Å². The van der Waals surface area contributed by atoms with Crippen LogP contribution in [0.25, 0.3) is 10.9 Å². The van der Waals surface area contributed by atoms with Crippen LogP contribution >= 0.6 is 11.3 Å². The third-order valence-electron chi connectivity index (χ3n) is 4.84. The van der Waals surface area contributed by atoms with Crippen molar-refractivity contribution in [2.75, 3.05) is 0 Å². The zero-order valence-electron chi connectivity index (χ0n) is 16.1. The maximum atomic E-state index is 12.7. The first-order chi connectivity index (χ1) is 14.0. The highest BCUT2D eigenvalue weighted by Crippen LogP contribution is 2.31. The van der Waals surface area contributed by atoms with Crippen LogP contribution in [0.2, 0.25) is 0 Å². The van der Waals surface area contributed by atoms with Crippen molar-refractivity contribution in [3.63, 3.8) is 0 Å². The number of carbonyl (C=O) groups excluding carboxylic acids is 1. The topological polar surface area (TPSA) is 87.2 Å². The minimum Gasteiger partial charge on any atom is -0.273 e. The predicted octanol–water partition coefficient (Wildman–Crippen LogP) is 3.97. The minimum atomic E-state index is -0.0983. The molecule has 2 aromatic heterocycles. The van der Waals surface area contributed by atoms with Gasteiger partial charge in [0.2, 0.25) is 5.91 Å². The fraction of sp³-hybridized carbons (Fsp3) is 0.286. The van der Waals surface area contributed by atoms with Crippen molar-refractivity contribution in [3.05, 3.63) is 58.2 Å². The molecule has 0 bridgehead atoms. The Labute approximate surface area is 172 Å². The van der Waals surface area contributed by atoms with Crippen LogP contribution in [-0.2, 0) is 11.3 Å². The molecule has 0 fully saturated rings. The van der Waals surface area contributed by atoms with Crippen LogP contribution in [0, 0.1) is 18.3 Å². The number of allylic oxidation sites excluding steroid dienone is 1. The Hall–Kier alpha value is -3.31. The predicted molar refractivity (Wildman–Crippen MR) is 112 cm³/mol. The van der Waals surface area contributed by atoms with E-state index in [0.29, 0.717) is 31.4 Å². The Kier molecular flexibility index (Phi) is 5.23. The molecule has 3 heterocycles. The van der Waals surface area contributed by atoms with Gasteiger partial charge in [-0.1, -0.05) is 12.2 Å². The van der Waals surface area contributed by atoms with Crippen molar-refractivity contribution in [1.82, 2.24) is 19.8 Å². The number of hydrogen-bond acceptors (Lipinski definition) is 6. The van der Waals surface area contributed by atoms with Gasteiger partial charge in [-0.3, -0.25) is 9.48 Å². The molecule has 1 aliphatic rings. The van der Waals surface area contributed by atoms with Gasteiger partial charge in [0, 0.05) is 35.5 Å². The lowest BCUT2D eigenvalue weighted by Crippen LogP contribution is -2.27. The molecule has 0 saturated carbocycles. The second-order valence-electron chi connectivity index (χ2n) is 7.05. The highest BCUT2D eigenvalue weighted by molar-refractivity contribution is 7.09. The maximum absolute atomic E-state index is 12.7. The van der Waals surface area contributed by atoms with Gasteiger partial charge in [-0.15, -0.1) is 11.3 Å². The molecule has 1 aliphatic heterocycles. The molecule has 7 nitrogen and oxygen atoms in total. The Bertz CT molecular complexity index is 1150. The lowest BCUT2D eigenvalue weighted by atomic mass is 10.1. The summed E-state index contributed by atoms with van der Waals surface area (Å²) < 4.78 is 1.85. The molecule has 1 unspecified atom stereocenters. The Balaban J connectivity index is 1.36. The smallest absolute Gasteiger partial charge is 0.243 e. The number of nitriles is 1. The third-order valence-corrected chi connectivity index (χ3v) is 5.91. The molecule has 0 radical (unpaired) electrons. The fourth-order valence-corrected chi connectivity index (χ4v) is 4.25. The molecule has 1 atom stereocenters. The van der Waals surface area contributed by atoms with Gasteiger partial charge in [-0.25, -0.2) is 9.99 Å². The van der Waals surface area contributed by atoms with E-state index in [1.54, 1.807) is 34.8 Å². The van der Waals surface area contributed by atoms with E-state index < -0.39 is 0 Å². The summed E-state index contributed by atoms with van der Waals surface area (Å²) >= 11 is 1.56. The first-order valence-corrected chi connectivity index (χ1v) is 10.2. The first-order valence-electron chi connectivity index (χ1n) is 9.34. The lowest BCUT2D eigenvalue weighted by Gasteiger charge is -2.20. The lowest BCUT2D eigenvalue weighted by molar-refractivity contribution is -0.133. The van der Waals surface area contributed by atoms with Crippen LogP contribution in [0.4, 0.5) is 0 Å². The summed E-state index contributed by atoms with van der Waals surface area (Å²) in [6.07, 6.45) is 5.12. The van der Waals surface area contributed by atoms with E-state index in [4.69, 9.17) is 5.26 Å². The van der Waals surface area contributed by atoms with Gasteiger partial charge < -0.3 is 0 Å². The quantitative estimate of drug-likeness (QED) is 0.582. The van der Waals surface area contributed by atoms with Crippen molar-refractivity contribution in [1.29, 1.82) is 5.26 Å². The zero-order chi connectivity index (χ0) is 20.4. The van der Waals surface area contributed by atoms with E-state index in [-0.39, 0.29) is 11.9 Å². The number of nitrogens with zero attached hydrogens (tertiary/aromatic N) is 6. The second-order valence-corrected chi connectivity index (χ2v) is 7.94. The average molecular weight is 404 g/mol. The first kappa shape index (κ1) is 19.0. The summed E-state index contributed by atoms with van der Waals surface area (Å²) in [4.78, 5) is 17.2. The van der Waals surface area contributed by atoms with E-state index >= 15 is 0 Å². The van der Waals surface area contributed by atoms with Crippen LogP contribution in [0.5, 0.6) is 0 Å². The van der Waals surface area contributed by atoms with Crippen LogP contribution in [0.1, 0.15) is 41.6 Å². The number of amides is 1. The van der Waals surface area contributed by atoms with Crippen LogP contribution < -0.4 is 0 Å². The van der Waals surface area contributed by atoms with E-state index in [0.717, 1.165) is 27.2 Å². The number of aryl methyl sites for hydroxylation is 1. The van der Waals surface area contributed by atoms with Crippen molar-refractivity contribution in [2.45, 2.75) is 38.8 Å². The van der Waals surface area contributed by atoms with E-state index in [1.807, 2.05) is 29.1 Å². The Morgan fingerprint density at radius 1 is 1.41 bits per heavy atom. The molecule has 1 amide bonds. The normalized spacial score (nSPS) is 15.7. The van der Waals surface area contributed by atoms with Gasteiger partial charge in [0.1, 0.15) is 11.0 Å². The third kappa shape index (κ3) is 3.96. The van der Waals surface area contributed by atoms with Gasteiger partial charge in [-0.2, -0.15) is 15.5 Å².